The first-order valence-corrected chi connectivity index (χ1v) is 3.29. The van der Waals surface area contributed by atoms with E-state index in [4.69, 9.17) is 5.26 Å². The van der Waals surface area contributed by atoms with E-state index in [2.05, 4.69) is 0 Å². The lowest BCUT2D eigenvalue weighted by molar-refractivity contribution is -0.107. The van der Waals surface area contributed by atoms with Crippen LogP contribution in [0.4, 0.5) is 0 Å². The lowest BCUT2D eigenvalue weighted by atomic mass is 10.1. The average Bonchev–Trinajstić information content (AvgIpc) is 2.07. The summed E-state index contributed by atoms with van der Waals surface area (Å²) in [5.41, 5.74) is 1.57. The van der Waals surface area contributed by atoms with E-state index in [0.717, 1.165) is 11.8 Å². The summed E-state index contributed by atoms with van der Waals surface area (Å²) in [6, 6.07) is 8.99. The summed E-state index contributed by atoms with van der Waals surface area (Å²) in [6.07, 6.45) is 1.27. The highest BCUT2D eigenvalue weighted by molar-refractivity contribution is 5.55. The Morgan fingerprint density at radius 2 is 2.00 bits per heavy atom. The second-order valence-electron chi connectivity index (χ2n) is 2.18. The Kier molecular flexibility index (Phi) is 2.40. The van der Waals surface area contributed by atoms with Crippen LogP contribution in [0, 0.1) is 11.3 Å². The van der Waals surface area contributed by atoms with Crippen LogP contribution in [-0.2, 0) is 11.2 Å². The number of nitriles is 1. The molecule has 0 saturated heterocycles. The summed E-state index contributed by atoms with van der Waals surface area (Å²) in [5, 5.41) is 8.44. The Hall–Kier alpha value is -1.62. The van der Waals surface area contributed by atoms with Crippen LogP contribution in [-0.4, -0.2) is 6.29 Å². The van der Waals surface area contributed by atoms with Crippen LogP contribution in [0.5, 0.6) is 0 Å². The highest BCUT2D eigenvalue weighted by atomic mass is 16.1. The molecule has 0 aliphatic heterocycles. The number of carbonyl (C=O) groups excluding carboxylic acids is 1. The predicted molar refractivity (Wildman–Crippen MR) is 40.9 cm³/mol. The molecule has 2 nitrogen and oxygen atoms in total. The summed E-state index contributed by atoms with van der Waals surface area (Å²) in [7, 11) is 0. The van der Waals surface area contributed by atoms with Gasteiger partial charge in [-0.25, -0.2) is 0 Å². The first kappa shape index (κ1) is 7.49. The van der Waals surface area contributed by atoms with E-state index in [-0.39, 0.29) is 0 Å². The van der Waals surface area contributed by atoms with E-state index >= 15 is 0 Å². The maximum absolute atomic E-state index is 10.1. The molecule has 1 aromatic rings. The van der Waals surface area contributed by atoms with Crippen molar-refractivity contribution in [2.24, 2.45) is 0 Å². The molecule has 0 unspecified atom stereocenters. The van der Waals surface area contributed by atoms with Crippen LogP contribution in [0.1, 0.15) is 11.1 Å². The predicted octanol–water partition coefficient (Wildman–Crippen LogP) is 1.30. The number of hydrogen-bond acceptors (Lipinski definition) is 2. The van der Waals surface area contributed by atoms with E-state index < -0.39 is 0 Å². The number of hydrogen-bond donors (Lipinski definition) is 0. The lowest BCUT2D eigenvalue weighted by Crippen LogP contribution is -1.84. The van der Waals surface area contributed by atoms with Crippen LogP contribution < -0.4 is 0 Å². The molecule has 0 heterocycles. The van der Waals surface area contributed by atoms with E-state index in [1.165, 1.54) is 0 Å². The molecule has 0 spiro atoms. The van der Waals surface area contributed by atoms with E-state index in [1.54, 1.807) is 24.3 Å². The van der Waals surface area contributed by atoms with Gasteiger partial charge < -0.3 is 4.79 Å². The zero-order valence-corrected chi connectivity index (χ0v) is 5.95. The number of carbonyl (C=O) groups is 1. The third-order valence-electron chi connectivity index (χ3n) is 1.40. The topological polar surface area (TPSA) is 40.9 Å². The third-order valence-corrected chi connectivity index (χ3v) is 1.40. The van der Waals surface area contributed by atoms with Crippen molar-refractivity contribution >= 4 is 6.29 Å². The summed E-state index contributed by atoms with van der Waals surface area (Å²) in [5.74, 6) is 0. The van der Waals surface area contributed by atoms with Crippen molar-refractivity contribution in [3.8, 4) is 6.07 Å². The fraction of sp³-hybridized carbons (Fsp3) is 0.111. The highest BCUT2D eigenvalue weighted by Crippen LogP contribution is 2.02. The van der Waals surface area contributed by atoms with Crippen LogP contribution in [0.2, 0.25) is 0 Å². The van der Waals surface area contributed by atoms with Gasteiger partial charge in [0.15, 0.2) is 0 Å². The van der Waals surface area contributed by atoms with Crippen LogP contribution >= 0.6 is 0 Å². The van der Waals surface area contributed by atoms with Crippen molar-refractivity contribution in [2.45, 2.75) is 6.42 Å². The Bertz CT molecular complexity index is 281. The minimum atomic E-state index is 0.422. The molecule has 0 amide bonds. The smallest absolute Gasteiger partial charge is 0.124 e. The molecule has 2 heteroatoms. The Morgan fingerprint density at radius 1 is 1.36 bits per heavy atom. The van der Waals surface area contributed by atoms with Gasteiger partial charge >= 0.3 is 0 Å². The molecular weight excluding hydrogens is 138 g/mol. The maximum Gasteiger partial charge on any atom is 0.124 e. The SMILES string of the molecule is N#Cc1ccc(CC=O)cc1. The second kappa shape index (κ2) is 3.52. The van der Waals surface area contributed by atoms with E-state index in [0.29, 0.717) is 12.0 Å². The van der Waals surface area contributed by atoms with Crippen molar-refractivity contribution in [2.75, 3.05) is 0 Å². The van der Waals surface area contributed by atoms with Crippen molar-refractivity contribution in [1.82, 2.24) is 0 Å². The van der Waals surface area contributed by atoms with E-state index in [9.17, 15) is 4.79 Å². The summed E-state index contributed by atoms with van der Waals surface area (Å²) in [4.78, 5) is 10.1. The minimum absolute atomic E-state index is 0.422. The first-order valence-electron chi connectivity index (χ1n) is 3.29. The standard InChI is InChI=1S/C9H7NO/c10-7-9-3-1-8(2-4-9)5-6-11/h1-4,6H,5H2. The normalized spacial score (nSPS) is 8.64. The minimum Gasteiger partial charge on any atom is -0.303 e. The van der Waals surface area contributed by atoms with Gasteiger partial charge in [-0.05, 0) is 17.7 Å². The maximum atomic E-state index is 10.1. The Morgan fingerprint density at radius 3 is 2.45 bits per heavy atom. The molecule has 11 heavy (non-hydrogen) atoms. The van der Waals surface area contributed by atoms with Gasteiger partial charge in [0.1, 0.15) is 6.29 Å². The Labute approximate surface area is 65.1 Å². The molecule has 1 aromatic carbocycles. The first-order chi connectivity index (χ1) is 5.36. The van der Waals surface area contributed by atoms with Gasteiger partial charge in [0.2, 0.25) is 0 Å². The second-order valence-corrected chi connectivity index (χ2v) is 2.18. The molecule has 0 radical (unpaired) electrons. The number of benzene rings is 1. The number of aldehydes is 1. The molecule has 0 fully saturated rings. The summed E-state index contributed by atoms with van der Waals surface area (Å²) >= 11 is 0. The van der Waals surface area contributed by atoms with Gasteiger partial charge in [0.25, 0.3) is 0 Å². The monoisotopic (exact) mass is 145 g/mol. The van der Waals surface area contributed by atoms with Crippen LogP contribution in [0.25, 0.3) is 0 Å². The molecule has 0 aliphatic carbocycles. The van der Waals surface area contributed by atoms with Gasteiger partial charge in [-0.2, -0.15) is 5.26 Å². The lowest BCUT2D eigenvalue weighted by Gasteiger charge is -1.92. The largest absolute Gasteiger partial charge is 0.303 e. The quantitative estimate of drug-likeness (QED) is 0.588. The van der Waals surface area contributed by atoms with Gasteiger partial charge in [-0.15, -0.1) is 0 Å². The van der Waals surface area contributed by atoms with Gasteiger partial charge in [0, 0.05) is 6.42 Å². The Balaban J connectivity index is 2.84. The molecular formula is C9H7NO. The van der Waals surface area contributed by atoms with Gasteiger partial charge in [0.05, 0.1) is 11.6 Å². The third kappa shape index (κ3) is 1.91. The zero-order valence-electron chi connectivity index (χ0n) is 5.95. The number of rotatable bonds is 2. The van der Waals surface area contributed by atoms with E-state index in [1.807, 2.05) is 6.07 Å². The molecule has 0 N–H and O–H groups in total. The highest BCUT2D eigenvalue weighted by Gasteiger charge is 1.91. The van der Waals surface area contributed by atoms with Crippen molar-refractivity contribution in [3.05, 3.63) is 35.4 Å². The van der Waals surface area contributed by atoms with Gasteiger partial charge in [-0.3, -0.25) is 0 Å². The molecule has 54 valence electrons. The fourth-order valence-corrected chi connectivity index (χ4v) is 0.812. The molecule has 0 aliphatic rings. The molecule has 0 aromatic heterocycles. The van der Waals surface area contributed by atoms with Gasteiger partial charge in [-0.1, -0.05) is 12.1 Å². The molecule has 0 bridgehead atoms. The fourth-order valence-electron chi connectivity index (χ4n) is 0.812. The summed E-state index contributed by atoms with van der Waals surface area (Å²) in [6.45, 7) is 0. The molecule has 0 saturated carbocycles. The van der Waals surface area contributed by atoms with Crippen LogP contribution in [0.15, 0.2) is 24.3 Å². The van der Waals surface area contributed by atoms with Crippen molar-refractivity contribution < 1.29 is 4.79 Å². The van der Waals surface area contributed by atoms with Crippen LogP contribution in [0.3, 0.4) is 0 Å². The summed E-state index contributed by atoms with van der Waals surface area (Å²) < 4.78 is 0. The molecule has 0 atom stereocenters. The average molecular weight is 145 g/mol. The van der Waals surface area contributed by atoms with Crippen molar-refractivity contribution in [3.63, 3.8) is 0 Å². The number of nitrogens with zero attached hydrogens (tertiary/aromatic N) is 1. The molecule has 1 rings (SSSR count). The van der Waals surface area contributed by atoms with Crippen molar-refractivity contribution in [1.29, 1.82) is 5.26 Å². The zero-order chi connectivity index (χ0) is 8.10.